The fourth-order valence-electron chi connectivity index (χ4n) is 4.49. The number of carbonyl (C=O) groups excluding carboxylic acids is 1. The second-order valence-electron chi connectivity index (χ2n) is 9.06. The number of aromatic nitrogens is 3. The Morgan fingerprint density at radius 2 is 1.78 bits per heavy atom. The number of hydrogen-bond donors (Lipinski definition) is 4. The van der Waals surface area contributed by atoms with Crippen molar-refractivity contribution in [2.24, 2.45) is 0 Å². The summed E-state index contributed by atoms with van der Waals surface area (Å²) in [4.78, 5) is 32.6. The van der Waals surface area contributed by atoms with Crippen molar-refractivity contribution in [1.29, 1.82) is 0 Å². The maximum absolute atomic E-state index is 13.7. The Morgan fingerprint density at radius 1 is 1.08 bits per heavy atom. The zero-order chi connectivity index (χ0) is 27.1. The molecule has 2 atom stereocenters. The van der Waals surface area contributed by atoms with Crippen molar-refractivity contribution in [2.75, 3.05) is 0 Å². The van der Waals surface area contributed by atoms with Crippen molar-refractivity contribution >= 4 is 11.9 Å². The third-order valence-corrected chi connectivity index (χ3v) is 6.21. The van der Waals surface area contributed by atoms with Crippen LogP contribution >= 0.6 is 0 Å². The molecule has 0 aliphatic rings. The maximum Gasteiger partial charge on any atom is 0.305 e. The summed E-state index contributed by atoms with van der Waals surface area (Å²) < 4.78 is 15.5. The van der Waals surface area contributed by atoms with Crippen LogP contribution in [0.15, 0.2) is 36.7 Å². The fourth-order valence-corrected chi connectivity index (χ4v) is 4.49. The van der Waals surface area contributed by atoms with E-state index in [4.69, 9.17) is 5.11 Å². The average molecular weight is 513 g/mol. The number of aliphatic carboxylic acids is 1. The normalized spacial score (nSPS) is 12.8. The molecule has 0 radical (unpaired) electrons. The van der Waals surface area contributed by atoms with Crippen molar-refractivity contribution in [2.45, 2.75) is 71.8 Å². The Kier molecular flexibility index (Phi) is 9.48. The van der Waals surface area contributed by atoms with E-state index in [9.17, 15) is 24.2 Å². The first-order valence-corrected chi connectivity index (χ1v) is 12.2. The molecule has 4 N–H and O–H groups in total. The predicted octanol–water partition coefficient (Wildman–Crippen LogP) is 3.17. The number of carboxylic acids is 1. The highest BCUT2D eigenvalue weighted by Crippen LogP contribution is 2.34. The van der Waals surface area contributed by atoms with Crippen molar-refractivity contribution < 1.29 is 29.3 Å². The molecule has 2 unspecified atom stereocenters. The zero-order valence-corrected chi connectivity index (χ0v) is 21.2. The van der Waals surface area contributed by atoms with Crippen molar-refractivity contribution in [3.8, 4) is 11.1 Å². The third-order valence-electron chi connectivity index (χ3n) is 6.21. The number of rotatable bonds is 12. The topological polar surface area (TPSA) is 138 Å². The van der Waals surface area contributed by atoms with Crippen molar-refractivity contribution in [1.82, 2.24) is 19.9 Å². The van der Waals surface area contributed by atoms with E-state index >= 15 is 0 Å². The predicted molar refractivity (Wildman–Crippen MR) is 135 cm³/mol. The van der Waals surface area contributed by atoms with Gasteiger partial charge >= 0.3 is 5.97 Å². The number of benzene rings is 1. The summed E-state index contributed by atoms with van der Waals surface area (Å²) in [6.07, 6.45) is 1.23. The van der Waals surface area contributed by atoms with E-state index < -0.39 is 24.6 Å². The van der Waals surface area contributed by atoms with Gasteiger partial charge in [0.15, 0.2) is 0 Å². The molecule has 0 saturated heterocycles. The van der Waals surface area contributed by atoms with Crippen LogP contribution in [0, 0.1) is 19.7 Å². The molecule has 37 heavy (non-hydrogen) atoms. The number of nitrogens with zero attached hydrogens (tertiary/aromatic N) is 3. The third kappa shape index (κ3) is 7.21. The molecule has 0 aliphatic carbocycles. The number of carbonyl (C=O) groups is 2. The van der Waals surface area contributed by atoms with Gasteiger partial charge < -0.3 is 25.2 Å². The Bertz CT molecular complexity index is 1230. The van der Waals surface area contributed by atoms with Crippen LogP contribution in [-0.2, 0) is 24.3 Å². The molecule has 0 spiro atoms. The molecule has 1 aromatic carbocycles. The highest BCUT2D eigenvalue weighted by atomic mass is 19.1. The lowest BCUT2D eigenvalue weighted by molar-refractivity contribution is -0.139. The summed E-state index contributed by atoms with van der Waals surface area (Å²) in [5.41, 5.74) is 4.87. The number of nitrogens with one attached hydrogen (secondary N) is 1. The number of carboxylic acid groups (broad SMARTS) is 1. The number of halogens is 1. The largest absolute Gasteiger partial charge is 0.481 e. The Morgan fingerprint density at radius 3 is 2.38 bits per heavy atom. The van der Waals surface area contributed by atoms with Crippen LogP contribution in [0.3, 0.4) is 0 Å². The van der Waals surface area contributed by atoms with E-state index in [1.807, 2.05) is 25.3 Å². The minimum atomic E-state index is -1.16. The van der Waals surface area contributed by atoms with Crippen LogP contribution < -0.4 is 5.32 Å². The molecule has 2 aromatic heterocycles. The van der Waals surface area contributed by atoms with Crippen LogP contribution in [0.25, 0.3) is 11.1 Å². The Balaban J connectivity index is 1.91. The van der Waals surface area contributed by atoms with Crippen LogP contribution in [0.5, 0.6) is 0 Å². The Hall–Kier alpha value is -3.63. The number of aryl methyl sites for hydroxylation is 1. The first-order chi connectivity index (χ1) is 17.6. The molecule has 1 amide bonds. The summed E-state index contributed by atoms with van der Waals surface area (Å²) in [5, 5.41) is 32.1. The van der Waals surface area contributed by atoms with Gasteiger partial charge in [0.1, 0.15) is 11.5 Å². The van der Waals surface area contributed by atoms with Gasteiger partial charge in [-0.2, -0.15) is 0 Å². The van der Waals surface area contributed by atoms with Gasteiger partial charge in [-0.1, -0.05) is 12.1 Å². The van der Waals surface area contributed by atoms with E-state index in [2.05, 4.69) is 15.3 Å². The minimum Gasteiger partial charge on any atom is -0.481 e. The summed E-state index contributed by atoms with van der Waals surface area (Å²) in [5.74, 6) is -1.81. The van der Waals surface area contributed by atoms with E-state index in [0.29, 0.717) is 24.4 Å². The van der Waals surface area contributed by atoms with E-state index in [0.717, 1.165) is 28.1 Å². The second-order valence-corrected chi connectivity index (χ2v) is 9.06. The highest BCUT2D eigenvalue weighted by molar-refractivity contribution is 5.97. The second kappa shape index (κ2) is 12.6. The summed E-state index contributed by atoms with van der Waals surface area (Å²) in [6.45, 7) is 6.24. The van der Waals surface area contributed by atoms with Gasteiger partial charge in [0.25, 0.3) is 5.91 Å². The molecule has 0 bridgehead atoms. The molecule has 0 fully saturated rings. The van der Waals surface area contributed by atoms with E-state index in [-0.39, 0.29) is 31.1 Å². The standard InChI is InChI=1S/C27H33FN4O5/c1-4-32-23(10-9-21(33)11-22(34)12-24(35)36)25(18-5-7-19(28)8-6-18)17(3)26(32)27(37)31-15-20-14-29-16(2)13-30-20/h5-8,13-14,21-22,33-34H,4,9-12,15H2,1-3H3,(H,31,37)(H,35,36). The molecule has 9 nitrogen and oxygen atoms in total. The van der Waals surface area contributed by atoms with Gasteiger partial charge in [0, 0.05) is 24.0 Å². The van der Waals surface area contributed by atoms with Crippen molar-refractivity contribution in [3.63, 3.8) is 0 Å². The molecule has 0 saturated carbocycles. The smallest absolute Gasteiger partial charge is 0.305 e. The lowest BCUT2D eigenvalue weighted by Crippen LogP contribution is -2.27. The Labute approximate surface area is 215 Å². The monoisotopic (exact) mass is 512 g/mol. The molecule has 3 aromatic rings. The number of aliphatic hydroxyl groups is 2. The molecule has 198 valence electrons. The summed E-state index contributed by atoms with van der Waals surface area (Å²) >= 11 is 0. The molecular formula is C27H33FN4O5. The SMILES string of the molecule is CCn1c(CCC(O)CC(O)CC(=O)O)c(-c2ccc(F)cc2)c(C)c1C(=O)NCc1cnc(C)cn1. The van der Waals surface area contributed by atoms with Crippen molar-refractivity contribution in [3.05, 3.63) is 70.8 Å². The van der Waals surface area contributed by atoms with Gasteiger partial charge in [-0.05, 0) is 63.3 Å². The minimum absolute atomic E-state index is 0.0745. The molecule has 3 rings (SSSR count). The van der Waals surface area contributed by atoms with Crippen LogP contribution in [0.1, 0.15) is 59.3 Å². The lowest BCUT2D eigenvalue weighted by atomic mass is 9.97. The van der Waals surface area contributed by atoms with Crippen LogP contribution in [0.2, 0.25) is 0 Å². The number of amides is 1. The number of aliphatic hydroxyl groups excluding tert-OH is 2. The quantitative estimate of drug-likeness (QED) is 0.292. The lowest BCUT2D eigenvalue weighted by Gasteiger charge is -2.17. The van der Waals surface area contributed by atoms with Gasteiger partial charge in [-0.15, -0.1) is 0 Å². The van der Waals surface area contributed by atoms with E-state index in [1.165, 1.54) is 12.1 Å². The summed E-state index contributed by atoms with van der Waals surface area (Å²) in [6, 6.07) is 6.01. The zero-order valence-electron chi connectivity index (χ0n) is 21.2. The first-order valence-electron chi connectivity index (χ1n) is 12.2. The summed E-state index contributed by atoms with van der Waals surface area (Å²) in [7, 11) is 0. The molecule has 10 heteroatoms. The number of hydrogen-bond acceptors (Lipinski definition) is 6. The van der Waals surface area contributed by atoms with Crippen LogP contribution in [-0.4, -0.2) is 53.9 Å². The molecular weight excluding hydrogens is 479 g/mol. The van der Waals surface area contributed by atoms with Gasteiger partial charge in [0.05, 0.1) is 42.8 Å². The van der Waals surface area contributed by atoms with Gasteiger partial charge in [-0.25, -0.2) is 4.39 Å². The van der Waals surface area contributed by atoms with Gasteiger partial charge in [0.2, 0.25) is 0 Å². The fraction of sp³-hybridized carbons (Fsp3) is 0.407. The average Bonchev–Trinajstić information content (AvgIpc) is 3.13. The molecule has 0 aliphatic heterocycles. The van der Waals surface area contributed by atoms with Gasteiger partial charge in [-0.3, -0.25) is 19.6 Å². The van der Waals surface area contributed by atoms with Crippen LogP contribution in [0.4, 0.5) is 4.39 Å². The first kappa shape index (κ1) is 27.9. The van der Waals surface area contributed by atoms with E-state index in [1.54, 1.807) is 24.5 Å². The maximum atomic E-state index is 13.7. The molecule has 2 heterocycles. The highest BCUT2D eigenvalue weighted by Gasteiger charge is 2.26.